The van der Waals surface area contributed by atoms with Gasteiger partial charge in [0.2, 0.25) is 0 Å². The van der Waals surface area contributed by atoms with Crippen molar-refractivity contribution in [2.75, 3.05) is 40.5 Å². The summed E-state index contributed by atoms with van der Waals surface area (Å²) in [6.07, 6.45) is 4.32. The van der Waals surface area contributed by atoms with Gasteiger partial charge in [0.1, 0.15) is 5.54 Å². The molecule has 0 aromatic carbocycles. The number of carbonyl (C=O) groups excluding carboxylic acids is 1. The summed E-state index contributed by atoms with van der Waals surface area (Å²) in [4.78, 5) is 14.7. The Morgan fingerprint density at radius 2 is 2.00 bits per heavy atom. The Bertz CT molecular complexity index is 327. The van der Waals surface area contributed by atoms with E-state index in [1.807, 2.05) is 0 Å². The van der Waals surface area contributed by atoms with Gasteiger partial charge in [0.15, 0.2) is 0 Å². The maximum Gasteiger partial charge on any atom is 0.327 e. The molecule has 1 aliphatic heterocycles. The van der Waals surface area contributed by atoms with Gasteiger partial charge >= 0.3 is 5.97 Å². The molecule has 0 bridgehead atoms. The number of nitrogens with zero attached hydrogens (tertiary/aromatic N) is 1. The molecule has 2 fully saturated rings. The summed E-state index contributed by atoms with van der Waals surface area (Å²) in [6.45, 7) is 5.21. The van der Waals surface area contributed by atoms with E-state index in [0.29, 0.717) is 12.0 Å². The highest BCUT2D eigenvalue weighted by Crippen LogP contribution is 2.41. The first kappa shape index (κ1) is 15.7. The van der Waals surface area contributed by atoms with Gasteiger partial charge in [0.05, 0.1) is 7.11 Å². The fourth-order valence-corrected chi connectivity index (χ4v) is 3.35. The molecule has 1 aliphatic carbocycles. The first-order chi connectivity index (χ1) is 9.64. The number of carbonyl (C=O) groups is 1. The molecule has 0 amide bonds. The Morgan fingerprint density at radius 3 is 2.50 bits per heavy atom. The van der Waals surface area contributed by atoms with Gasteiger partial charge in [-0.25, -0.2) is 4.79 Å². The first-order valence-corrected chi connectivity index (χ1v) is 7.75. The molecule has 1 heterocycles. The molecule has 0 aromatic heterocycles. The molecule has 1 saturated carbocycles. The van der Waals surface area contributed by atoms with Crippen LogP contribution in [0.15, 0.2) is 0 Å². The number of nitrogens with one attached hydrogen (secondary N) is 1. The maximum absolute atomic E-state index is 12.4. The molecule has 1 saturated heterocycles. The first-order valence-electron chi connectivity index (χ1n) is 7.75. The monoisotopic (exact) mass is 284 g/mol. The standard InChI is InChI=1S/C15H28N2O3/c1-4-16-15(12-5-6-12,14(18)19-3)11-17(2)13-7-9-20-10-8-13/h12-13,16H,4-11H2,1-3H3. The fraction of sp³-hybridized carbons (Fsp3) is 0.933. The van der Waals surface area contributed by atoms with Crippen LogP contribution in [0.3, 0.4) is 0 Å². The predicted octanol–water partition coefficient (Wildman–Crippen LogP) is 1.03. The quantitative estimate of drug-likeness (QED) is 0.708. The number of esters is 1. The third kappa shape index (κ3) is 3.32. The minimum atomic E-state index is -0.531. The Balaban J connectivity index is 2.07. The molecule has 116 valence electrons. The van der Waals surface area contributed by atoms with Crippen molar-refractivity contribution in [3.63, 3.8) is 0 Å². The normalized spacial score (nSPS) is 23.6. The van der Waals surface area contributed by atoms with Crippen molar-refractivity contribution in [1.82, 2.24) is 10.2 Å². The largest absolute Gasteiger partial charge is 0.468 e. The van der Waals surface area contributed by atoms with Crippen molar-refractivity contribution in [2.24, 2.45) is 5.92 Å². The lowest BCUT2D eigenvalue weighted by molar-refractivity contribution is -0.151. The van der Waals surface area contributed by atoms with Crippen LogP contribution in [0.4, 0.5) is 0 Å². The summed E-state index contributed by atoms with van der Waals surface area (Å²) in [5.41, 5.74) is -0.531. The van der Waals surface area contributed by atoms with Crippen LogP contribution < -0.4 is 5.32 Å². The number of methoxy groups -OCH3 is 1. The highest BCUT2D eigenvalue weighted by atomic mass is 16.5. The molecular formula is C15H28N2O3. The van der Waals surface area contributed by atoms with Crippen LogP contribution in [0.25, 0.3) is 0 Å². The summed E-state index contributed by atoms with van der Waals surface area (Å²) in [5.74, 6) is 0.304. The summed E-state index contributed by atoms with van der Waals surface area (Å²) < 4.78 is 10.5. The maximum atomic E-state index is 12.4. The van der Waals surface area contributed by atoms with Gasteiger partial charge in [-0.3, -0.25) is 0 Å². The van der Waals surface area contributed by atoms with Crippen LogP contribution in [0.5, 0.6) is 0 Å². The third-order valence-electron chi connectivity index (χ3n) is 4.63. The molecule has 2 aliphatic rings. The van der Waals surface area contributed by atoms with Crippen molar-refractivity contribution < 1.29 is 14.3 Å². The van der Waals surface area contributed by atoms with Crippen molar-refractivity contribution in [2.45, 2.75) is 44.2 Å². The Hall–Kier alpha value is -0.650. The number of likely N-dealkylation sites (N-methyl/N-ethyl adjacent to an activating group) is 2. The Morgan fingerprint density at radius 1 is 1.35 bits per heavy atom. The van der Waals surface area contributed by atoms with Gasteiger partial charge in [0.25, 0.3) is 0 Å². The summed E-state index contributed by atoms with van der Waals surface area (Å²) in [5, 5.41) is 3.43. The SMILES string of the molecule is CCNC(CN(C)C1CCOCC1)(C(=O)OC)C1CC1. The molecular weight excluding hydrogens is 256 g/mol. The molecule has 0 aromatic rings. The molecule has 1 unspecified atom stereocenters. The van der Waals surface area contributed by atoms with E-state index in [2.05, 4.69) is 24.2 Å². The summed E-state index contributed by atoms with van der Waals surface area (Å²) in [6, 6.07) is 0.505. The number of hydrogen-bond acceptors (Lipinski definition) is 5. The lowest BCUT2D eigenvalue weighted by Crippen LogP contribution is -2.62. The van der Waals surface area contributed by atoms with Gasteiger partial charge in [0, 0.05) is 25.8 Å². The lowest BCUT2D eigenvalue weighted by atomic mass is 9.91. The highest BCUT2D eigenvalue weighted by Gasteiger charge is 2.52. The van der Waals surface area contributed by atoms with Crippen LogP contribution in [-0.2, 0) is 14.3 Å². The van der Waals surface area contributed by atoms with E-state index in [0.717, 1.165) is 52.0 Å². The van der Waals surface area contributed by atoms with E-state index in [4.69, 9.17) is 9.47 Å². The summed E-state index contributed by atoms with van der Waals surface area (Å²) in [7, 11) is 3.61. The van der Waals surface area contributed by atoms with Gasteiger partial charge < -0.3 is 19.7 Å². The number of rotatable bonds is 7. The minimum absolute atomic E-state index is 0.110. The average Bonchev–Trinajstić information content (AvgIpc) is 3.31. The molecule has 0 spiro atoms. The topological polar surface area (TPSA) is 50.8 Å². The van der Waals surface area contributed by atoms with E-state index in [-0.39, 0.29) is 5.97 Å². The lowest BCUT2D eigenvalue weighted by Gasteiger charge is -2.39. The fourth-order valence-electron chi connectivity index (χ4n) is 3.35. The molecule has 1 atom stereocenters. The summed E-state index contributed by atoms with van der Waals surface area (Å²) >= 11 is 0. The molecule has 1 N–H and O–H groups in total. The van der Waals surface area contributed by atoms with Crippen molar-refractivity contribution in [1.29, 1.82) is 0 Å². The van der Waals surface area contributed by atoms with E-state index < -0.39 is 5.54 Å². The zero-order valence-corrected chi connectivity index (χ0v) is 13.0. The average molecular weight is 284 g/mol. The predicted molar refractivity (Wildman–Crippen MR) is 77.6 cm³/mol. The zero-order chi connectivity index (χ0) is 14.6. The van der Waals surface area contributed by atoms with Gasteiger partial charge in [-0.15, -0.1) is 0 Å². The Labute approximate surface area is 122 Å². The van der Waals surface area contributed by atoms with E-state index >= 15 is 0 Å². The highest BCUT2D eigenvalue weighted by molar-refractivity contribution is 5.82. The Kier molecular flexibility index (Phi) is 5.41. The second-order valence-corrected chi connectivity index (χ2v) is 6.03. The van der Waals surface area contributed by atoms with Gasteiger partial charge in [-0.1, -0.05) is 6.92 Å². The van der Waals surface area contributed by atoms with E-state index in [9.17, 15) is 4.79 Å². The van der Waals surface area contributed by atoms with Crippen molar-refractivity contribution >= 4 is 5.97 Å². The van der Waals surface area contributed by atoms with Crippen LogP contribution in [0.2, 0.25) is 0 Å². The molecule has 5 nitrogen and oxygen atoms in total. The van der Waals surface area contributed by atoms with Crippen LogP contribution >= 0.6 is 0 Å². The second kappa shape index (κ2) is 6.87. The van der Waals surface area contributed by atoms with Gasteiger partial charge in [-0.05, 0) is 45.2 Å². The number of hydrogen-bond donors (Lipinski definition) is 1. The number of ether oxygens (including phenoxy) is 2. The molecule has 0 radical (unpaired) electrons. The van der Waals surface area contributed by atoms with Crippen LogP contribution in [-0.4, -0.2) is 62.9 Å². The zero-order valence-electron chi connectivity index (χ0n) is 13.0. The van der Waals surface area contributed by atoms with Crippen molar-refractivity contribution in [3.8, 4) is 0 Å². The van der Waals surface area contributed by atoms with Crippen LogP contribution in [0, 0.1) is 5.92 Å². The van der Waals surface area contributed by atoms with E-state index in [1.54, 1.807) is 0 Å². The smallest absolute Gasteiger partial charge is 0.327 e. The molecule has 20 heavy (non-hydrogen) atoms. The second-order valence-electron chi connectivity index (χ2n) is 6.03. The minimum Gasteiger partial charge on any atom is -0.468 e. The van der Waals surface area contributed by atoms with Gasteiger partial charge in [-0.2, -0.15) is 0 Å². The van der Waals surface area contributed by atoms with E-state index in [1.165, 1.54) is 7.11 Å². The molecule has 2 rings (SSSR count). The van der Waals surface area contributed by atoms with Crippen LogP contribution in [0.1, 0.15) is 32.6 Å². The molecule has 5 heteroatoms. The third-order valence-corrected chi connectivity index (χ3v) is 4.63. The van der Waals surface area contributed by atoms with Crippen molar-refractivity contribution in [3.05, 3.63) is 0 Å².